The van der Waals surface area contributed by atoms with Crippen molar-refractivity contribution in [1.82, 2.24) is 0 Å². The molecule has 0 bridgehead atoms. The maximum atomic E-state index is 13.5. The van der Waals surface area contributed by atoms with Gasteiger partial charge >= 0.3 is 80.6 Å². The molecule has 0 amide bonds. The molecule has 0 atom stereocenters. The zero-order valence-electron chi connectivity index (χ0n) is 16.8. The van der Waals surface area contributed by atoms with Gasteiger partial charge in [0.2, 0.25) is 0 Å². The molecule has 0 saturated carbocycles. The van der Waals surface area contributed by atoms with Gasteiger partial charge in [0.05, 0.1) is 0 Å². The van der Waals surface area contributed by atoms with Gasteiger partial charge in [0, 0.05) is 0 Å². The van der Waals surface area contributed by atoms with Crippen LogP contribution in [0.15, 0.2) is 0 Å². The van der Waals surface area contributed by atoms with E-state index < -0.39 is 80.6 Å². The maximum Gasteiger partial charge on any atom is 0.456 e. The standard InChI is InChI=1S/C12HF23O4S/c13-2(14,1(36)3(15,16)17)4(18,19)5(20,21)6(22,23)7(24,25)8(26,27)9(28,29)10(30,31)11(32,33)12(34,35)40(37,38)39/h(H,37,38,39). The molecule has 28 heteroatoms. The van der Waals surface area contributed by atoms with Crippen LogP contribution in [0.2, 0.25) is 0 Å². The first kappa shape index (κ1) is 38.0. The molecule has 0 radical (unpaired) electrons. The van der Waals surface area contributed by atoms with E-state index >= 15 is 0 Å². The summed E-state index contributed by atoms with van der Waals surface area (Å²) in [6.07, 6.45) is -7.47. The second-order valence-corrected chi connectivity index (χ2v) is 8.45. The third kappa shape index (κ3) is 4.40. The van der Waals surface area contributed by atoms with Crippen LogP contribution in [0.25, 0.3) is 0 Å². The number of ketones is 1. The Morgan fingerprint density at radius 2 is 0.600 bits per heavy atom. The van der Waals surface area contributed by atoms with Gasteiger partial charge in [-0.15, -0.1) is 0 Å². The van der Waals surface area contributed by atoms with Gasteiger partial charge in [0.1, 0.15) is 0 Å². The van der Waals surface area contributed by atoms with Crippen molar-refractivity contribution in [2.24, 2.45) is 0 Å². The monoisotopic (exact) mass is 678 g/mol. The fourth-order valence-electron chi connectivity index (χ4n) is 2.05. The maximum absolute atomic E-state index is 13.5. The normalized spacial score (nSPS) is 16.8. The molecule has 0 aromatic heterocycles. The van der Waals surface area contributed by atoms with E-state index in [1.807, 2.05) is 0 Å². The number of halogens is 23. The number of rotatable bonds is 11. The Bertz CT molecular complexity index is 1100. The molecule has 0 aromatic rings. The van der Waals surface area contributed by atoms with Crippen LogP contribution in [0, 0.1) is 0 Å². The summed E-state index contributed by atoms with van der Waals surface area (Å²) < 4.78 is 330. The van der Waals surface area contributed by atoms with Crippen molar-refractivity contribution in [1.29, 1.82) is 0 Å². The average molecular weight is 678 g/mol. The Kier molecular flexibility index (Phi) is 8.53. The predicted octanol–water partition coefficient (Wildman–Crippen LogP) is 6.32. The number of alkyl halides is 23. The van der Waals surface area contributed by atoms with Crippen molar-refractivity contribution >= 4 is 15.9 Å². The Balaban J connectivity index is 7.37. The molecule has 0 saturated heterocycles. The van der Waals surface area contributed by atoms with Crippen LogP contribution in [0.4, 0.5) is 101 Å². The lowest BCUT2D eigenvalue weighted by atomic mass is 9.85. The van der Waals surface area contributed by atoms with Gasteiger partial charge < -0.3 is 0 Å². The summed E-state index contributed by atoms with van der Waals surface area (Å²) in [6, 6.07) is 0. The second kappa shape index (κ2) is 8.98. The number of hydrogen-bond donors (Lipinski definition) is 1. The third-order valence-corrected chi connectivity index (χ3v) is 5.29. The van der Waals surface area contributed by atoms with E-state index in [1.54, 1.807) is 0 Å². The minimum Gasteiger partial charge on any atom is -0.282 e. The summed E-state index contributed by atoms with van der Waals surface area (Å²) in [6.45, 7) is 0. The topological polar surface area (TPSA) is 71.4 Å². The molecule has 0 aliphatic rings. The van der Waals surface area contributed by atoms with E-state index in [0.29, 0.717) is 0 Å². The first-order valence-corrected chi connectivity index (χ1v) is 9.46. The fraction of sp³-hybridized carbons (Fsp3) is 0.917. The molecule has 0 aliphatic heterocycles. The molecule has 0 aromatic carbocycles. The van der Waals surface area contributed by atoms with Crippen molar-refractivity contribution in [3.63, 3.8) is 0 Å². The Hall–Kier alpha value is -2.03. The highest BCUT2D eigenvalue weighted by atomic mass is 32.2. The number of carbonyl (C=O) groups excluding carboxylic acids is 1. The van der Waals surface area contributed by atoms with Crippen LogP contribution < -0.4 is 0 Å². The van der Waals surface area contributed by atoms with E-state index in [4.69, 9.17) is 4.55 Å². The lowest BCUT2D eigenvalue weighted by molar-refractivity contribution is -0.465. The summed E-state index contributed by atoms with van der Waals surface area (Å²) in [4.78, 5) is 10.2. The van der Waals surface area contributed by atoms with E-state index in [-0.39, 0.29) is 0 Å². The van der Waals surface area contributed by atoms with Crippen LogP contribution >= 0.6 is 0 Å². The molecule has 0 rings (SSSR count). The van der Waals surface area contributed by atoms with Crippen molar-refractivity contribution < 1.29 is 119 Å². The lowest BCUT2D eigenvalue weighted by Gasteiger charge is -2.44. The number of hydrogen-bond acceptors (Lipinski definition) is 3. The predicted molar refractivity (Wildman–Crippen MR) is 72.1 cm³/mol. The minimum absolute atomic E-state index is 5.51. The highest BCUT2D eigenvalue weighted by molar-refractivity contribution is 7.87. The molecule has 0 heterocycles. The lowest BCUT2D eigenvalue weighted by Crippen LogP contribution is -2.77. The molecule has 0 aliphatic carbocycles. The second-order valence-electron chi connectivity index (χ2n) is 6.99. The number of Topliss-reactive ketones (excluding diaryl/α,β-unsaturated/α-hetero) is 1. The molecular weight excluding hydrogens is 677 g/mol. The summed E-state index contributed by atoms with van der Waals surface area (Å²) in [5.74, 6) is -88.6. The minimum atomic E-state index is -9.61. The van der Waals surface area contributed by atoms with Crippen molar-refractivity contribution in [3.8, 4) is 0 Å². The van der Waals surface area contributed by atoms with Gasteiger partial charge in [-0.2, -0.15) is 109 Å². The van der Waals surface area contributed by atoms with Crippen LogP contribution in [0.1, 0.15) is 0 Å². The van der Waals surface area contributed by atoms with Gasteiger partial charge in [0.15, 0.2) is 0 Å². The van der Waals surface area contributed by atoms with Gasteiger partial charge in [-0.1, -0.05) is 0 Å². The molecule has 1 N–H and O–H groups in total. The van der Waals surface area contributed by atoms with Gasteiger partial charge in [0.25, 0.3) is 0 Å². The summed E-state index contributed by atoms with van der Waals surface area (Å²) >= 11 is 0. The summed E-state index contributed by atoms with van der Waals surface area (Å²) in [5, 5.41) is -8.17. The SMILES string of the molecule is O=C(C(F)(F)F)C(F)(F)C(F)(F)C(F)(F)C(F)(F)C(F)(F)C(F)(F)C(F)(F)C(F)(F)C(F)(F)C(F)(F)S(=O)(=O)O. The first-order valence-electron chi connectivity index (χ1n) is 8.02. The number of carbonyl (C=O) groups is 1. The molecule has 0 fully saturated rings. The van der Waals surface area contributed by atoms with Crippen molar-refractivity contribution in [3.05, 3.63) is 0 Å². The summed E-state index contributed by atoms with van der Waals surface area (Å²) in [5.41, 5.74) is 0. The van der Waals surface area contributed by atoms with Crippen LogP contribution in [-0.4, -0.2) is 83.5 Å². The fourth-order valence-corrected chi connectivity index (χ4v) is 2.50. The van der Waals surface area contributed by atoms with Crippen LogP contribution in [-0.2, 0) is 14.9 Å². The van der Waals surface area contributed by atoms with Crippen molar-refractivity contribution in [2.75, 3.05) is 0 Å². The Morgan fingerprint density at radius 3 is 0.800 bits per heavy atom. The van der Waals surface area contributed by atoms with E-state index in [2.05, 4.69) is 0 Å². The Labute approximate surface area is 200 Å². The Morgan fingerprint density at radius 1 is 0.400 bits per heavy atom. The summed E-state index contributed by atoms with van der Waals surface area (Å²) in [7, 11) is -8.20. The van der Waals surface area contributed by atoms with Crippen LogP contribution in [0.5, 0.6) is 0 Å². The molecule has 4 nitrogen and oxygen atoms in total. The average Bonchev–Trinajstić information content (AvgIpc) is 2.70. The zero-order chi connectivity index (χ0) is 33.6. The van der Waals surface area contributed by atoms with Gasteiger partial charge in [-0.05, 0) is 0 Å². The molecule has 0 spiro atoms. The van der Waals surface area contributed by atoms with Crippen LogP contribution in [0.3, 0.4) is 0 Å². The molecule has 0 unspecified atom stereocenters. The zero-order valence-corrected chi connectivity index (χ0v) is 17.6. The molecular formula is C12HF23O4S. The molecule has 240 valence electrons. The van der Waals surface area contributed by atoms with E-state index in [0.717, 1.165) is 0 Å². The quantitative estimate of drug-likeness (QED) is 0.206. The van der Waals surface area contributed by atoms with E-state index in [1.165, 1.54) is 0 Å². The van der Waals surface area contributed by atoms with E-state index in [9.17, 15) is 114 Å². The smallest absolute Gasteiger partial charge is 0.282 e. The van der Waals surface area contributed by atoms with Gasteiger partial charge in [-0.25, -0.2) is 0 Å². The van der Waals surface area contributed by atoms with Gasteiger partial charge in [-0.3, -0.25) is 9.35 Å². The highest BCUT2D eigenvalue weighted by Crippen LogP contribution is 2.66. The third-order valence-electron chi connectivity index (χ3n) is 4.39. The highest BCUT2D eigenvalue weighted by Gasteiger charge is 2.98. The molecule has 40 heavy (non-hydrogen) atoms. The largest absolute Gasteiger partial charge is 0.456 e. The first-order chi connectivity index (χ1) is 16.7. The van der Waals surface area contributed by atoms with Crippen molar-refractivity contribution in [2.45, 2.75) is 64.7 Å².